The molecule has 2 N–H and O–H groups in total. The van der Waals surface area contributed by atoms with E-state index in [-0.39, 0.29) is 25.9 Å². The molecular formula is C62H109O11P. The van der Waals surface area contributed by atoms with Gasteiger partial charge < -0.3 is 24.2 Å². The van der Waals surface area contributed by atoms with Gasteiger partial charge in [-0.1, -0.05) is 209 Å². The fourth-order valence-electron chi connectivity index (χ4n) is 8.04. The Morgan fingerprint density at radius 3 is 1.14 bits per heavy atom. The number of aliphatic hydroxyl groups excluding tert-OH is 1. The maximum atomic E-state index is 12.9. The molecule has 0 aromatic carbocycles. The van der Waals surface area contributed by atoms with Crippen molar-refractivity contribution in [2.45, 2.75) is 277 Å². The van der Waals surface area contributed by atoms with Gasteiger partial charge in [0.25, 0.3) is 0 Å². The van der Waals surface area contributed by atoms with Crippen molar-refractivity contribution in [1.82, 2.24) is 0 Å². The first-order chi connectivity index (χ1) is 36.2. The van der Waals surface area contributed by atoms with E-state index in [1.54, 1.807) is 0 Å². The molecule has 0 fully saturated rings. The Hall–Kier alpha value is -3.08. The fraction of sp³-hybridized carbons (Fsp3) is 0.758. The van der Waals surface area contributed by atoms with Crippen molar-refractivity contribution in [2.75, 3.05) is 26.4 Å². The second-order valence-corrected chi connectivity index (χ2v) is 21.2. The summed E-state index contributed by atoms with van der Waals surface area (Å²) in [5.41, 5.74) is 0. The second kappa shape index (κ2) is 56.1. The number of carbonyl (C=O) groups is 3. The average Bonchev–Trinajstić information content (AvgIpc) is 3.39. The highest BCUT2D eigenvalue weighted by Crippen LogP contribution is 2.43. The van der Waals surface area contributed by atoms with E-state index in [0.717, 1.165) is 109 Å². The number of phosphoric ester groups is 1. The van der Waals surface area contributed by atoms with Crippen LogP contribution < -0.4 is 0 Å². The molecule has 0 bridgehead atoms. The van der Waals surface area contributed by atoms with E-state index < -0.39 is 57.8 Å². The monoisotopic (exact) mass is 1060 g/mol. The van der Waals surface area contributed by atoms with Gasteiger partial charge in [0, 0.05) is 19.3 Å². The highest BCUT2D eigenvalue weighted by molar-refractivity contribution is 7.47. The summed E-state index contributed by atoms with van der Waals surface area (Å²) < 4.78 is 39.5. The van der Waals surface area contributed by atoms with E-state index >= 15 is 0 Å². The zero-order valence-corrected chi connectivity index (χ0v) is 48.2. The molecule has 0 saturated carbocycles. The average molecular weight is 1060 g/mol. The lowest BCUT2D eigenvalue weighted by atomic mass is 10.1. The zero-order chi connectivity index (χ0) is 54.1. The number of esters is 3. The van der Waals surface area contributed by atoms with Crippen LogP contribution in [0.1, 0.15) is 265 Å². The summed E-state index contributed by atoms with van der Waals surface area (Å²) >= 11 is 0. The van der Waals surface area contributed by atoms with E-state index in [0.29, 0.717) is 19.3 Å². The Balaban J connectivity index is 4.73. The predicted octanol–water partition coefficient (Wildman–Crippen LogP) is 17.7. The normalized spacial score (nSPS) is 13.9. The third-order valence-electron chi connectivity index (χ3n) is 12.6. The van der Waals surface area contributed by atoms with Crippen LogP contribution in [0.2, 0.25) is 0 Å². The Kier molecular flexibility index (Phi) is 53.8. The van der Waals surface area contributed by atoms with Gasteiger partial charge in [-0.2, -0.15) is 0 Å². The molecule has 0 spiro atoms. The van der Waals surface area contributed by atoms with Crippen LogP contribution >= 0.6 is 7.82 Å². The number of ether oxygens (including phenoxy) is 3. The molecule has 0 aromatic rings. The third-order valence-corrected chi connectivity index (χ3v) is 13.5. The lowest BCUT2D eigenvalue weighted by Crippen LogP contribution is -2.30. The molecule has 0 aliphatic carbocycles. The van der Waals surface area contributed by atoms with Crippen molar-refractivity contribution in [3.8, 4) is 0 Å². The van der Waals surface area contributed by atoms with E-state index in [9.17, 15) is 28.9 Å². The highest BCUT2D eigenvalue weighted by Gasteiger charge is 2.28. The van der Waals surface area contributed by atoms with Crippen LogP contribution in [0, 0.1) is 0 Å². The molecular weight excluding hydrogens is 952 g/mol. The van der Waals surface area contributed by atoms with Gasteiger partial charge in [0.05, 0.1) is 19.8 Å². The molecule has 0 aliphatic rings. The summed E-state index contributed by atoms with van der Waals surface area (Å²) in [6.07, 6.45) is 62.9. The first kappa shape index (κ1) is 70.9. The van der Waals surface area contributed by atoms with Crippen molar-refractivity contribution in [1.29, 1.82) is 0 Å². The molecule has 3 unspecified atom stereocenters. The van der Waals surface area contributed by atoms with Crippen molar-refractivity contribution < 1.29 is 52.2 Å². The molecule has 0 radical (unpaired) electrons. The molecule has 0 heterocycles. The number of hydrogen-bond donors (Lipinski definition) is 2. The first-order valence-corrected chi connectivity index (χ1v) is 31.3. The Bertz CT molecular complexity index is 1520. The lowest BCUT2D eigenvalue weighted by molar-refractivity contribution is -0.161. The molecule has 74 heavy (non-hydrogen) atoms. The van der Waals surface area contributed by atoms with Gasteiger partial charge in [0.2, 0.25) is 0 Å². The van der Waals surface area contributed by atoms with Gasteiger partial charge in [-0.3, -0.25) is 23.4 Å². The standard InChI is InChI=1S/C62H109O11P/c1-4-7-10-13-16-19-22-25-27-28-29-30-32-35-38-41-44-47-50-53-62(66)73-59(55-69-60(64)51-48-45-42-39-36-33-24-21-18-15-12-9-6-3)57-71-74(67,68)70-56-58(54-63)72-61(65)52-49-46-43-40-37-34-31-26-23-20-17-14-11-8-5-2/h9,12,16,18-19,21,25-27,31,33,36,58-59,63H,4-8,10-11,13-15,17,20,22-24,28-30,32,34-35,37-57H2,1-3H3,(H,67,68)/b12-9-,19-16-,21-18-,27-25-,31-26-,36-33-. The van der Waals surface area contributed by atoms with Gasteiger partial charge in [-0.15, -0.1) is 0 Å². The maximum absolute atomic E-state index is 12.9. The number of allylic oxidation sites excluding steroid dienone is 12. The molecule has 0 amide bonds. The largest absolute Gasteiger partial charge is 0.472 e. The summed E-state index contributed by atoms with van der Waals surface area (Å²) in [6.45, 7) is 4.47. The molecule has 0 rings (SSSR count). The number of hydrogen-bond acceptors (Lipinski definition) is 10. The zero-order valence-electron chi connectivity index (χ0n) is 47.3. The minimum absolute atomic E-state index is 0.154. The molecule has 428 valence electrons. The Morgan fingerprint density at radius 2 is 0.703 bits per heavy atom. The number of rotatable bonds is 55. The van der Waals surface area contributed by atoms with Crippen molar-refractivity contribution in [3.05, 3.63) is 72.9 Å². The van der Waals surface area contributed by atoms with Crippen LogP contribution in [0.15, 0.2) is 72.9 Å². The van der Waals surface area contributed by atoms with Crippen molar-refractivity contribution in [2.24, 2.45) is 0 Å². The van der Waals surface area contributed by atoms with Crippen molar-refractivity contribution in [3.63, 3.8) is 0 Å². The quantitative estimate of drug-likeness (QED) is 0.0197. The number of aliphatic hydroxyl groups is 1. The highest BCUT2D eigenvalue weighted by atomic mass is 31.2. The molecule has 0 aromatic heterocycles. The van der Waals surface area contributed by atoms with Gasteiger partial charge in [0.1, 0.15) is 12.7 Å². The number of phosphoric acid groups is 1. The topological polar surface area (TPSA) is 155 Å². The van der Waals surface area contributed by atoms with E-state index in [1.165, 1.54) is 96.3 Å². The Labute approximate surface area is 452 Å². The Morgan fingerprint density at radius 1 is 0.392 bits per heavy atom. The molecule has 0 saturated heterocycles. The summed E-state index contributed by atoms with van der Waals surface area (Å²) in [6, 6.07) is 0. The van der Waals surface area contributed by atoms with Gasteiger partial charge >= 0.3 is 25.7 Å². The van der Waals surface area contributed by atoms with E-state index in [4.69, 9.17) is 23.3 Å². The fourth-order valence-corrected chi connectivity index (χ4v) is 8.83. The first-order valence-electron chi connectivity index (χ1n) is 29.8. The van der Waals surface area contributed by atoms with Crippen LogP contribution in [0.4, 0.5) is 0 Å². The second-order valence-electron chi connectivity index (χ2n) is 19.8. The van der Waals surface area contributed by atoms with Gasteiger partial charge in [-0.05, 0) is 109 Å². The minimum atomic E-state index is -4.76. The summed E-state index contributed by atoms with van der Waals surface area (Å²) in [7, 11) is -4.76. The van der Waals surface area contributed by atoms with Crippen LogP contribution in [0.5, 0.6) is 0 Å². The van der Waals surface area contributed by atoms with Gasteiger partial charge in [-0.25, -0.2) is 4.57 Å². The minimum Gasteiger partial charge on any atom is -0.462 e. The van der Waals surface area contributed by atoms with E-state index in [1.807, 2.05) is 0 Å². The van der Waals surface area contributed by atoms with Crippen LogP contribution in [0.25, 0.3) is 0 Å². The lowest BCUT2D eigenvalue weighted by Gasteiger charge is -2.21. The number of unbranched alkanes of at least 4 members (excludes halogenated alkanes) is 26. The van der Waals surface area contributed by atoms with Gasteiger partial charge in [0.15, 0.2) is 6.10 Å². The summed E-state index contributed by atoms with van der Waals surface area (Å²) in [5, 5.41) is 9.82. The summed E-state index contributed by atoms with van der Waals surface area (Å²) in [4.78, 5) is 48.6. The van der Waals surface area contributed by atoms with Crippen LogP contribution in [-0.4, -0.2) is 66.5 Å². The molecule has 11 nitrogen and oxygen atoms in total. The summed E-state index contributed by atoms with van der Waals surface area (Å²) in [5.74, 6) is -1.51. The third kappa shape index (κ3) is 53.7. The van der Waals surface area contributed by atoms with Crippen LogP contribution in [-0.2, 0) is 42.2 Å². The maximum Gasteiger partial charge on any atom is 0.472 e. The van der Waals surface area contributed by atoms with Crippen molar-refractivity contribution >= 4 is 25.7 Å². The van der Waals surface area contributed by atoms with E-state index in [2.05, 4.69) is 93.7 Å². The SMILES string of the molecule is CC/C=C\C/C=C\C/C=C\CCCCCC(=O)OCC(COP(=O)(O)OCC(CO)OC(=O)CCCCCCC/C=C\CCCCCCCC)OC(=O)CCCCCCCCCCC/C=C\C/C=C\CCCCC. The molecule has 12 heteroatoms. The number of carbonyl (C=O) groups excluding carboxylic acids is 3. The predicted molar refractivity (Wildman–Crippen MR) is 307 cm³/mol. The smallest absolute Gasteiger partial charge is 0.462 e. The van der Waals surface area contributed by atoms with Crippen LogP contribution in [0.3, 0.4) is 0 Å². The molecule has 0 aliphatic heterocycles. The molecule has 3 atom stereocenters.